The molecule has 0 radical (unpaired) electrons. The van der Waals surface area contributed by atoms with E-state index in [1.54, 1.807) is 12.1 Å². The first-order valence-electron chi connectivity index (χ1n) is 7.52. The molecule has 1 atom stereocenters. The van der Waals surface area contributed by atoms with Crippen molar-refractivity contribution in [2.75, 3.05) is 13.2 Å². The molecule has 110 valence electrons. The van der Waals surface area contributed by atoms with Crippen molar-refractivity contribution in [3.63, 3.8) is 0 Å². The Bertz CT molecular complexity index is 585. The Morgan fingerprint density at radius 1 is 1.14 bits per heavy atom. The first-order chi connectivity index (χ1) is 10.3. The van der Waals surface area contributed by atoms with E-state index in [1.807, 2.05) is 36.4 Å². The minimum Gasteiger partial charge on any atom is -0.494 e. The van der Waals surface area contributed by atoms with Gasteiger partial charge < -0.3 is 10.1 Å². The summed E-state index contributed by atoms with van der Waals surface area (Å²) < 4.78 is 18.8. The van der Waals surface area contributed by atoms with Crippen LogP contribution in [0.25, 0.3) is 0 Å². The normalized spacial score (nSPS) is 16.7. The van der Waals surface area contributed by atoms with Crippen molar-refractivity contribution in [3.05, 3.63) is 65.5 Å². The van der Waals surface area contributed by atoms with Gasteiger partial charge in [-0.15, -0.1) is 0 Å². The molecule has 2 aromatic rings. The number of hydrogen-bond acceptors (Lipinski definition) is 2. The Kier molecular flexibility index (Phi) is 4.51. The summed E-state index contributed by atoms with van der Waals surface area (Å²) in [6.45, 7) is 1.62. The van der Waals surface area contributed by atoms with Crippen LogP contribution in [0, 0.1) is 5.82 Å². The molecule has 0 heterocycles. The van der Waals surface area contributed by atoms with Gasteiger partial charge in [-0.05, 0) is 61.2 Å². The molecule has 0 bridgehead atoms. The predicted octanol–water partition coefficient (Wildman–Crippen LogP) is 3.87. The summed E-state index contributed by atoms with van der Waals surface area (Å²) in [6.07, 6.45) is 2.98. The molecular formula is C18H20FNO. The lowest BCUT2D eigenvalue weighted by Crippen LogP contribution is -2.21. The van der Waals surface area contributed by atoms with Gasteiger partial charge in [0.05, 0.1) is 6.61 Å². The third-order valence-electron chi connectivity index (χ3n) is 3.91. The van der Waals surface area contributed by atoms with Gasteiger partial charge in [0, 0.05) is 6.04 Å². The Hall–Kier alpha value is -1.87. The molecule has 0 amide bonds. The average molecular weight is 285 g/mol. The van der Waals surface area contributed by atoms with Crippen LogP contribution in [0.3, 0.4) is 0 Å². The quantitative estimate of drug-likeness (QED) is 0.813. The van der Waals surface area contributed by atoms with E-state index in [4.69, 9.17) is 4.74 Å². The minimum atomic E-state index is -0.134. The number of aryl methyl sites for hydroxylation is 1. The van der Waals surface area contributed by atoms with E-state index in [0.29, 0.717) is 12.6 Å². The van der Waals surface area contributed by atoms with Gasteiger partial charge in [0.25, 0.3) is 0 Å². The van der Waals surface area contributed by atoms with Crippen LogP contribution in [0.5, 0.6) is 5.75 Å². The molecule has 2 nitrogen and oxygen atoms in total. The molecule has 0 saturated heterocycles. The Morgan fingerprint density at radius 2 is 2.00 bits per heavy atom. The second-order valence-corrected chi connectivity index (χ2v) is 5.40. The second-order valence-electron chi connectivity index (χ2n) is 5.40. The Balaban J connectivity index is 1.41. The standard InChI is InChI=1S/C18H20FNO/c19-15-8-9-17-14(13-15)7-10-18(17)20-11-4-12-21-16-5-2-1-3-6-16/h1-3,5-6,8-9,13,18,20H,4,7,10-12H2. The van der Waals surface area contributed by atoms with E-state index >= 15 is 0 Å². The van der Waals surface area contributed by atoms with Crippen LogP contribution >= 0.6 is 0 Å². The number of para-hydroxylation sites is 1. The number of benzene rings is 2. The number of hydrogen-bond donors (Lipinski definition) is 1. The fourth-order valence-electron chi connectivity index (χ4n) is 2.85. The zero-order chi connectivity index (χ0) is 14.5. The highest BCUT2D eigenvalue weighted by molar-refractivity contribution is 5.34. The average Bonchev–Trinajstić information content (AvgIpc) is 2.90. The lowest BCUT2D eigenvalue weighted by atomic mass is 10.1. The van der Waals surface area contributed by atoms with Gasteiger partial charge in [-0.1, -0.05) is 24.3 Å². The lowest BCUT2D eigenvalue weighted by Gasteiger charge is -2.14. The van der Waals surface area contributed by atoms with Gasteiger partial charge in [0.2, 0.25) is 0 Å². The second kappa shape index (κ2) is 6.72. The summed E-state index contributed by atoms with van der Waals surface area (Å²) in [5.41, 5.74) is 2.40. The highest BCUT2D eigenvalue weighted by atomic mass is 19.1. The topological polar surface area (TPSA) is 21.3 Å². The van der Waals surface area contributed by atoms with Gasteiger partial charge in [-0.3, -0.25) is 0 Å². The zero-order valence-corrected chi connectivity index (χ0v) is 12.0. The van der Waals surface area contributed by atoms with Crippen molar-refractivity contribution in [1.82, 2.24) is 5.32 Å². The van der Waals surface area contributed by atoms with Crippen molar-refractivity contribution in [2.45, 2.75) is 25.3 Å². The van der Waals surface area contributed by atoms with Crippen LogP contribution in [0.1, 0.15) is 30.0 Å². The van der Waals surface area contributed by atoms with Crippen molar-refractivity contribution in [2.24, 2.45) is 0 Å². The predicted molar refractivity (Wildman–Crippen MR) is 82.0 cm³/mol. The molecule has 1 aliphatic carbocycles. The van der Waals surface area contributed by atoms with Gasteiger partial charge in [0.1, 0.15) is 11.6 Å². The van der Waals surface area contributed by atoms with E-state index in [9.17, 15) is 4.39 Å². The molecule has 3 rings (SSSR count). The van der Waals surface area contributed by atoms with Crippen LogP contribution in [0.15, 0.2) is 48.5 Å². The van der Waals surface area contributed by atoms with Crippen LogP contribution in [0.4, 0.5) is 4.39 Å². The zero-order valence-electron chi connectivity index (χ0n) is 12.0. The van der Waals surface area contributed by atoms with Crippen molar-refractivity contribution in [3.8, 4) is 5.75 Å². The fraction of sp³-hybridized carbons (Fsp3) is 0.333. The molecule has 21 heavy (non-hydrogen) atoms. The molecule has 0 fully saturated rings. The van der Waals surface area contributed by atoms with Crippen molar-refractivity contribution >= 4 is 0 Å². The van der Waals surface area contributed by atoms with Crippen molar-refractivity contribution in [1.29, 1.82) is 0 Å². The Morgan fingerprint density at radius 3 is 2.86 bits per heavy atom. The van der Waals surface area contributed by atoms with E-state index in [2.05, 4.69) is 5.32 Å². The summed E-state index contributed by atoms with van der Waals surface area (Å²) in [5.74, 6) is 0.782. The third kappa shape index (κ3) is 3.61. The van der Waals surface area contributed by atoms with Gasteiger partial charge in [0.15, 0.2) is 0 Å². The molecule has 1 unspecified atom stereocenters. The molecule has 0 aromatic heterocycles. The summed E-state index contributed by atoms with van der Waals surface area (Å²) in [4.78, 5) is 0. The summed E-state index contributed by atoms with van der Waals surface area (Å²) in [6, 6.07) is 15.4. The van der Waals surface area contributed by atoms with Gasteiger partial charge in [-0.25, -0.2) is 4.39 Å². The van der Waals surface area contributed by atoms with Gasteiger partial charge in [-0.2, -0.15) is 0 Å². The summed E-state index contributed by atoms with van der Waals surface area (Å²) in [7, 11) is 0. The van der Waals surface area contributed by atoms with Crippen LogP contribution in [0.2, 0.25) is 0 Å². The maximum atomic E-state index is 13.2. The van der Waals surface area contributed by atoms with E-state index in [-0.39, 0.29) is 5.82 Å². The van der Waals surface area contributed by atoms with Crippen LogP contribution in [-0.2, 0) is 6.42 Å². The highest BCUT2D eigenvalue weighted by Crippen LogP contribution is 2.31. The molecule has 1 N–H and O–H groups in total. The summed E-state index contributed by atoms with van der Waals surface area (Å²) in [5, 5.41) is 3.54. The smallest absolute Gasteiger partial charge is 0.123 e. The number of fused-ring (bicyclic) bond motifs is 1. The number of nitrogens with one attached hydrogen (secondary N) is 1. The molecule has 0 saturated carbocycles. The highest BCUT2D eigenvalue weighted by Gasteiger charge is 2.21. The number of halogens is 1. The van der Waals surface area contributed by atoms with Crippen LogP contribution in [-0.4, -0.2) is 13.2 Å². The maximum absolute atomic E-state index is 13.2. The van der Waals surface area contributed by atoms with E-state index in [1.165, 1.54) is 5.56 Å². The van der Waals surface area contributed by atoms with Crippen molar-refractivity contribution < 1.29 is 9.13 Å². The number of ether oxygens (including phenoxy) is 1. The minimum absolute atomic E-state index is 0.134. The SMILES string of the molecule is Fc1ccc2c(c1)CCC2NCCCOc1ccccc1. The molecular weight excluding hydrogens is 265 g/mol. The summed E-state index contributed by atoms with van der Waals surface area (Å²) >= 11 is 0. The van der Waals surface area contributed by atoms with Gasteiger partial charge >= 0.3 is 0 Å². The molecule has 3 heteroatoms. The molecule has 0 aliphatic heterocycles. The fourth-order valence-corrected chi connectivity index (χ4v) is 2.85. The van der Waals surface area contributed by atoms with Crippen LogP contribution < -0.4 is 10.1 Å². The van der Waals surface area contributed by atoms with E-state index < -0.39 is 0 Å². The molecule has 2 aromatic carbocycles. The number of rotatable bonds is 6. The molecule has 0 spiro atoms. The lowest BCUT2D eigenvalue weighted by molar-refractivity contribution is 0.304. The maximum Gasteiger partial charge on any atom is 0.123 e. The monoisotopic (exact) mass is 285 g/mol. The third-order valence-corrected chi connectivity index (χ3v) is 3.91. The first kappa shape index (κ1) is 14.1. The largest absolute Gasteiger partial charge is 0.494 e. The first-order valence-corrected chi connectivity index (χ1v) is 7.52. The molecule has 1 aliphatic rings. The Labute approximate surface area is 125 Å². The van der Waals surface area contributed by atoms with E-state index in [0.717, 1.165) is 37.1 Å².